The lowest BCUT2D eigenvalue weighted by Crippen LogP contribution is -2.21. The summed E-state index contributed by atoms with van der Waals surface area (Å²) in [5, 5.41) is 0. The van der Waals surface area contributed by atoms with Gasteiger partial charge in [0.05, 0.1) is 0 Å². The van der Waals surface area contributed by atoms with Gasteiger partial charge in [0.1, 0.15) is 0 Å². The van der Waals surface area contributed by atoms with Gasteiger partial charge in [-0.1, -0.05) is 31.4 Å². The van der Waals surface area contributed by atoms with Crippen molar-refractivity contribution in [1.29, 1.82) is 0 Å². The van der Waals surface area contributed by atoms with Crippen molar-refractivity contribution in [2.45, 2.75) is 51.9 Å². The van der Waals surface area contributed by atoms with Gasteiger partial charge in [-0.15, -0.1) is 0 Å². The van der Waals surface area contributed by atoms with Crippen molar-refractivity contribution in [3.05, 3.63) is 29.8 Å². The second kappa shape index (κ2) is 6.09. The summed E-state index contributed by atoms with van der Waals surface area (Å²) in [7, 11) is 0. The van der Waals surface area contributed by atoms with Gasteiger partial charge in [-0.05, 0) is 50.3 Å². The van der Waals surface area contributed by atoms with Crippen LogP contribution >= 0.6 is 0 Å². The minimum atomic E-state index is 0.828. The first-order valence-corrected chi connectivity index (χ1v) is 7.20. The molecule has 0 spiro atoms. The van der Waals surface area contributed by atoms with Crippen LogP contribution in [0, 0.1) is 0 Å². The van der Waals surface area contributed by atoms with Crippen LogP contribution in [-0.2, 0) is 0 Å². The molecule has 2 rings (SSSR count). The number of nitrogens with zero attached hydrogens (tertiary/aromatic N) is 1. The molecule has 0 N–H and O–H groups in total. The van der Waals surface area contributed by atoms with E-state index >= 15 is 0 Å². The highest BCUT2D eigenvalue weighted by Crippen LogP contribution is 2.33. The zero-order valence-corrected chi connectivity index (χ0v) is 11.3. The Balaban J connectivity index is 2.06. The summed E-state index contributed by atoms with van der Waals surface area (Å²) in [6, 6.07) is 9.31. The van der Waals surface area contributed by atoms with Gasteiger partial charge in [-0.2, -0.15) is 0 Å². The molecule has 0 radical (unpaired) electrons. The second-order valence-corrected chi connectivity index (χ2v) is 5.10. The molecule has 1 heteroatoms. The smallest absolute Gasteiger partial charge is 0.0366 e. The number of hydrogen-bond donors (Lipinski definition) is 0. The minimum Gasteiger partial charge on any atom is -0.372 e. The molecule has 94 valence electrons. The van der Waals surface area contributed by atoms with Crippen molar-refractivity contribution in [2.24, 2.45) is 0 Å². The lowest BCUT2D eigenvalue weighted by Gasteiger charge is -2.24. The first-order valence-electron chi connectivity index (χ1n) is 7.20. The molecule has 1 aromatic carbocycles. The molecular formula is C16H25N. The van der Waals surface area contributed by atoms with Crippen LogP contribution in [0.25, 0.3) is 0 Å². The first kappa shape index (κ1) is 12.5. The maximum absolute atomic E-state index is 2.41. The molecule has 0 atom stereocenters. The molecule has 1 saturated carbocycles. The Morgan fingerprint density at radius 3 is 2.06 bits per heavy atom. The zero-order chi connectivity index (χ0) is 12.1. The standard InChI is InChI=1S/C16H25N/c1-3-17(4-2)16-12-10-15(11-13-16)14-8-6-5-7-9-14/h10-14H,3-9H2,1-2H3. The fraction of sp³-hybridized carbons (Fsp3) is 0.625. The van der Waals surface area contributed by atoms with Crippen molar-refractivity contribution in [3.8, 4) is 0 Å². The van der Waals surface area contributed by atoms with Crippen molar-refractivity contribution >= 4 is 5.69 Å². The fourth-order valence-electron chi connectivity index (χ4n) is 2.98. The summed E-state index contributed by atoms with van der Waals surface area (Å²) >= 11 is 0. The molecule has 1 aromatic rings. The third-order valence-corrected chi connectivity index (χ3v) is 4.10. The quantitative estimate of drug-likeness (QED) is 0.733. The Hall–Kier alpha value is -0.980. The minimum absolute atomic E-state index is 0.828. The largest absolute Gasteiger partial charge is 0.372 e. The maximum atomic E-state index is 2.41. The molecule has 1 fully saturated rings. The van der Waals surface area contributed by atoms with E-state index in [9.17, 15) is 0 Å². The van der Waals surface area contributed by atoms with Gasteiger partial charge < -0.3 is 4.90 Å². The first-order chi connectivity index (χ1) is 8.35. The van der Waals surface area contributed by atoms with Gasteiger partial charge in [-0.25, -0.2) is 0 Å². The van der Waals surface area contributed by atoms with Crippen LogP contribution in [-0.4, -0.2) is 13.1 Å². The van der Waals surface area contributed by atoms with Crippen LogP contribution in [0.1, 0.15) is 57.4 Å². The normalized spacial score (nSPS) is 17.1. The summed E-state index contributed by atoms with van der Waals surface area (Å²) in [5.41, 5.74) is 2.93. The van der Waals surface area contributed by atoms with Gasteiger partial charge >= 0.3 is 0 Å². The topological polar surface area (TPSA) is 3.24 Å². The van der Waals surface area contributed by atoms with E-state index in [1.54, 1.807) is 5.56 Å². The highest BCUT2D eigenvalue weighted by molar-refractivity contribution is 5.47. The Bertz CT molecular complexity index is 318. The average molecular weight is 231 g/mol. The third kappa shape index (κ3) is 3.02. The Morgan fingerprint density at radius 2 is 1.53 bits per heavy atom. The molecule has 0 aromatic heterocycles. The zero-order valence-electron chi connectivity index (χ0n) is 11.3. The molecule has 1 aliphatic carbocycles. The van der Waals surface area contributed by atoms with Crippen molar-refractivity contribution in [2.75, 3.05) is 18.0 Å². The van der Waals surface area contributed by atoms with E-state index < -0.39 is 0 Å². The van der Waals surface area contributed by atoms with Crippen LogP contribution in [0.4, 0.5) is 5.69 Å². The van der Waals surface area contributed by atoms with E-state index in [2.05, 4.69) is 43.0 Å². The summed E-state index contributed by atoms with van der Waals surface area (Å²) < 4.78 is 0. The predicted octanol–water partition coefficient (Wildman–Crippen LogP) is 4.58. The lowest BCUT2D eigenvalue weighted by atomic mass is 9.84. The lowest BCUT2D eigenvalue weighted by molar-refractivity contribution is 0.443. The molecule has 0 bridgehead atoms. The number of anilines is 1. The Morgan fingerprint density at radius 1 is 0.941 bits per heavy atom. The molecule has 0 amide bonds. The Labute approximate surface area is 106 Å². The monoisotopic (exact) mass is 231 g/mol. The molecule has 17 heavy (non-hydrogen) atoms. The van der Waals surface area contributed by atoms with E-state index in [-0.39, 0.29) is 0 Å². The molecular weight excluding hydrogens is 206 g/mol. The molecule has 1 aliphatic rings. The van der Waals surface area contributed by atoms with Crippen LogP contribution in [0.15, 0.2) is 24.3 Å². The van der Waals surface area contributed by atoms with Crippen LogP contribution < -0.4 is 4.90 Å². The van der Waals surface area contributed by atoms with Crippen molar-refractivity contribution in [3.63, 3.8) is 0 Å². The van der Waals surface area contributed by atoms with E-state index in [4.69, 9.17) is 0 Å². The van der Waals surface area contributed by atoms with E-state index in [0.29, 0.717) is 0 Å². The van der Waals surface area contributed by atoms with E-state index in [0.717, 1.165) is 19.0 Å². The molecule has 0 heterocycles. The summed E-state index contributed by atoms with van der Waals surface area (Å²) in [5.74, 6) is 0.828. The number of hydrogen-bond acceptors (Lipinski definition) is 1. The molecule has 0 unspecified atom stereocenters. The summed E-state index contributed by atoms with van der Waals surface area (Å²) in [4.78, 5) is 2.41. The highest BCUT2D eigenvalue weighted by Gasteiger charge is 2.15. The van der Waals surface area contributed by atoms with E-state index in [1.165, 1.54) is 37.8 Å². The van der Waals surface area contributed by atoms with Crippen LogP contribution in [0.5, 0.6) is 0 Å². The molecule has 0 aliphatic heterocycles. The summed E-state index contributed by atoms with van der Waals surface area (Å²) in [6.07, 6.45) is 7.06. The molecule has 0 saturated heterocycles. The van der Waals surface area contributed by atoms with Crippen molar-refractivity contribution < 1.29 is 0 Å². The average Bonchev–Trinajstić information content (AvgIpc) is 2.42. The van der Waals surface area contributed by atoms with Crippen molar-refractivity contribution in [1.82, 2.24) is 0 Å². The summed E-state index contributed by atoms with van der Waals surface area (Å²) in [6.45, 7) is 6.63. The Kier molecular flexibility index (Phi) is 4.47. The number of rotatable bonds is 4. The van der Waals surface area contributed by atoms with Crippen LogP contribution in [0.3, 0.4) is 0 Å². The number of benzene rings is 1. The maximum Gasteiger partial charge on any atom is 0.0366 e. The van der Waals surface area contributed by atoms with Gasteiger partial charge in [0.15, 0.2) is 0 Å². The fourth-order valence-corrected chi connectivity index (χ4v) is 2.98. The second-order valence-electron chi connectivity index (χ2n) is 5.10. The van der Waals surface area contributed by atoms with Crippen LogP contribution in [0.2, 0.25) is 0 Å². The molecule has 1 nitrogen and oxygen atoms in total. The predicted molar refractivity (Wildman–Crippen MR) is 75.8 cm³/mol. The third-order valence-electron chi connectivity index (χ3n) is 4.10. The SMILES string of the molecule is CCN(CC)c1ccc(C2CCCCC2)cc1. The highest BCUT2D eigenvalue weighted by atomic mass is 15.1. The van der Waals surface area contributed by atoms with Gasteiger partial charge in [-0.3, -0.25) is 0 Å². The van der Waals surface area contributed by atoms with Gasteiger partial charge in [0, 0.05) is 18.8 Å². The van der Waals surface area contributed by atoms with E-state index in [1.807, 2.05) is 0 Å². The van der Waals surface area contributed by atoms with Gasteiger partial charge in [0.2, 0.25) is 0 Å². The van der Waals surface area contributed by atoms with Gasteiger partial charge in [0.25, 0.3) is 0 Å².